The molecule has 4 heteroatoms. The Balaban J connectivity index is 1.38. The Morgan fingerprint density at radius 3 is 1.03 bits per heavy atom. The highest BCUT2D eigenvalue weighted by atomic mass is 32.1. The number of benzene rings is 2. The molecular weight excluding hydrogens is 937 g/mol. The van der Waals surface area contributed by atoms with Crippen LogP contribution in [0.25, 0.3) is 53.2 Å². The van der Waals surface area contributed by atoms with Crippen LogP contribution in [0.4, 0.5) is 0 Å². The molecule has 0 bridgehead atoms. The van der Waals surface area contributed by atoms with Crippen molar-refractivity contribution in [3.05, 3.63) is 89.9 Å². The number of hydrogen-bond donors (Lipinski definition) is 0. The zero-order chi connectivity index (χ0) is 52.3. The zero-order valence-electron chi connectivity index (χ0n) is 48.3. The predicted molar refractivity (Wildman–Crippen MR) is 333 cm³/mol. The molecule has 4 aromatic carbocycles. The molecule has 0 aliphatic rings. The molecule has 0 saturated heterocycles. The van der Waals surface area contributed by atoms with E-state index >= 15 is 9.59 Å². The number of hydrogen-bond acceptors (Lipinski definition) is 4. The van der Waals surface area contributed by atoms with Crippen LogP contribution in [0.3, 0.4) is 0 Å². The van der Waals surface area contributed by atoms with Gasteiger partial charge in [-0.15, -0.1) is 22.7 Å². The van der Waals surface area contributed by atoms with Crippen molar-refractivity contribution in [2.75, 3.05) is 0 Å². The normalized spacial score (nSPS) is 12.9. The third-order valence-corrected chi connectivity index (χ3v) is 19.2. The van der Waals surface area contributed by atoms with E-state index in [0.717, 1.165) is 66.0 Å². The Morgan fingerprint density at radius 1 is 0.378 bits per heavy atom. The highest BCUT2D eigenvalue weighted by Gasteiger charge is 2.25. The second-order valence-electron chi connectivity index (χ2n) is 23.6. The first kappa shape index (κ1) is 60.2. The second kappa shape index (κ2) is 33.9. The number of aryl methyl sites for hydroxylation is 2. The summed E-state index contributed by atoms with van der Waals surface area (Å²) in [5.74, 6) is 1.13. The molecule has 408 valence electrons. The highest BCUT2D eigenvalue weighted by molar-refractivity contribution is 7.15. The van der Waals surface area contributed by atoms with E-state index in [1.807, 2.05) is 0 Å². The van der Waals surface area contributed by atoms with Gasteiger partial charge in [0.25, 0.3) is 0 Å². The average Bonchev–Trinajstić information content (AvgIpc) is 4.21. The van der Waals surface area contributed by atoms with Crippen LogP contribution in [0.5, 0.6) is 0 Å². The van der Waals surface area contributed by atoms with Gasteiger partial charge in [0.2, 0.25) is 0 Å². The average molecular weight is 1040 g/mol. The molecule has 2 nitrogen and oxygen atoms in total. The monoisotopic (exact) mass is 1040 g/mol. The summed E-state index contributed by atoms with van der Waals surface area (Å²) in [6.07, 6.45) is 49.8. The van der Waals surface area contributed by atoms with Crippen LogP contribution in [0.1, 0.15) is 280 Å². The molecule has 74 heavy (non-hydrogen) atoms. The SMILES string of the molecule is CCCCCCCCCCCCC(CCCCCCCC)Cc1cc2c(cc(CC(CCCCCCCC)CCCCCCCCCCCC)c3cc(-c4ccc(C)s4)c(=O)c32)c2c(=O)c(-c3cc(C)cs3)cc12. The van der Waals surface area contributed by atoms with Crippen molar-refractivity contribution >= 4 is 55.0 Å². The minimum atomic E-state index is 0.156. The van der Waals surface area contributed by atoms with Crippen LogP contribution in [-0.2, 0) is 12.8 Å². The first-order valence-corrected chi connectivity index (χ1v) is 33.3. The summed E-state index contributed by atoms with van der Waals surface area (Å²) in [6.45, 7) is 13.5. The maximum Gasteiger partial charge on any atom is 0.195 e. The van der Waals surface area contributed by atoms with Crippen molar-refractivity contribution in [2.45, 2.75) is 286 Å². The topological polar surface area (TPSA) is 34.1 Å². The fourth-order valence-electron chi connectivity index (χ4n) is 12.6. The molecule has 0 N–H and O–H groups in total. The van der Waals surface area contributed by atoms with Crippen LogP contribution in [0.2, 0.25) is 0 Å². The number of thiophene rings is 2. The van der Waals surface area contributed by atoms with Crippen molar-refractivity contribution in [2.24, 2.45) is 11.8 Å². The van der Waals surface area contributed by atoms with E-state index in [0.29, 0.717) is 11.8 Å². The summed E-state index contributed by atoms with van der Waals surface area (Å²) in [6, 6.07) is 16.0. The lowest BCUT2D eigenvalue weighted by molar-refractivity contribution is 0.401. The summed E-state index contributed by atoms with van der Waals surface area (Å²) in [7, 11) is 0. The molecule has 0 fully saturated rings. The lowest BCUT2D eigenvalue weighted by atomic mass is 9.84. The largest absolute Gasteiger partial charge is 0.289 e. The molecule has 0 saturated carbocycles. The molecule has 6 aromatic rings. The Labute approximate surface area is 460 Å². The summed E-state index contributed by atoms with van der Waals surface area (Å²) in [5, 5.41) is 8.26. The van der Waals surface area contributed by atoms with E-state index in [-0.39, 0.29) is 10.9 Å². The minimum Gasteiger partial charge on any atom is -0.289 e. The fourth-order valence-corrected chi connectivity index (χ4v) is 14.4. The maximum atomic E-state index is 15.3. The van der Waals surface area contributed by atoms with E-state index in [2.05, 4.69) is 89.4 Å². The Hall–Kier alpha value is -3.08. The zero-order valence-corrected chi connectivity index (χ0v) is 49.9. The first-order valence-electron chi connectivity index (χ1n) is 31.6. The van der Waals surface area contributed by atoms with E-state index in [9.17, 15) is 0 Å². The molecule has 0 amide bonds. The highest BCUT2D eigenvalue weighted by Crippen LogP contribution is 2.42. The molecule has 2 atom stereocenters. The van der Waals surface area contributed by atoms with Crippen molar-refractivity contribution in [3.63, 3.8) is 0 Å². The van der Waals surface area contributed by atoms with Gasteiger partial charge in [-0.05, 0) is 125 Å². The standard InChI is InChI=1S/C70H104O2S2/c1-7-11-15-19-23-25-27-29-33-37-41-55(39-35-31-21-17-13-9-3)46-57-48-62-61(67-59(57)50-63(69(67)71)65-44-43-54(6)74-65)49-58(60-51-64(70(72)68(60)62)66-45-53(5)52-73-66)47-56(40-36-32-22-18-14-10-4)42-38-34-30-28-26-24-20-16-12-8-2/h43-45,48-52,55-56H,7-42,46-47H2,1-6H3. The van der Waals surface area contributed by atoms with E-state index < -0.39 is 0 Å². The molecular formula is C70H104O2S2. The summed E-state index contributed by atoms with van der Waals surface area (Å²) in [5.41, 5.74) is 5.79. The van der Waals surface area contributed by atoms with Gasteiger partial charge in [0.1, 0.15) is 0 Å². The lowest BCUT2D eigenvalue weighted by Crippen LogP contribution is -2.08. The van der Waals surface area contributed by atoms with Crippen LogP contribution < -0.4 is 10.9 Å². The maximum absolute atomic E-state index is 15.3. The Kier molecular flexibility index (Phi) is 27.6. The quantitative estimate of drug-likeness (QED) is 0.0358. The van der Waals surface area contributed by atoms with Crippen molar-refractivity contribution in [1.29, 1.82) is 0 Å². The number of unbranched alkanes of at least 4 members (excludes halogenated alkanes) is 28. The smallest absolute Gasteiger partial charge is 0.195 e. The minimum absolute atomic E-state index is 0.156. The molecule has 0 radical (unpaired) electrons. The van der Waals surface area contributed by atoms with Gasteiger partial charge < -0.3 is 0 Å². The van der Waals surface area contributed by atoms with Gasteiger partial charge in [0.15, 0.2) is 10.9 Å². The van der Waals surface area contributed by atoms with Gasteiger partial charge >= 0.3 is 0 Å². The third kappa shape index (κ3) is 18.5. The van der Waals surface area contributed by atoms with Crippen molar-refractivity contribution < 1.29 is 0 Å². The first-order chi connectivity index (χ1) is 36.3. The van der Waals surface area contributed by atoms with Gasteiger partial charge in [-0.1, -0.05) is 259 Å². The van der Waals surface area contributed by atoms with Crippen LogP contribution in [0, 0.1) is 25.7 Å². The molecule has 0 aliphatic heterocycles. The summed E-state index contributed by atoms with van der Waals surface area (Å²) in [4.78, 5) is 34.0. The van der Waals surface area contributed by atoms with Gasteiger partial charge in [0.05, 0.1) is 0 Å². The number of fused-ring (bicyclic) bond motifs is 5. The predicted octanol–water partition coefficient (Wildman–Crippen LogP) is 23.3. The van der Waals surface area contributed by atoms with Gasteiger partial charge in [-0.3, -0.25) is 9.59 Å². The second-order valence-corrected chi connectivity index (χ2v) is 25.8. The van der Waals surface area contributed by atoms with E-state index in [4.69, 9.17) is 0 Å². The fraction of sp³-hybridized carbons (Fsp3) is 0.657. The van der Waals surface area contributed by atoms with Crippen molar-refractivity contribution in [1.82, 2.24) is 0 Å². The van der Waals surface area contributed by atoms with E-state index in [1.54, 1.807) is 22.7 Å². The summed E-state index contributed by atoms with van der Waals surface area (Å²) < 4.78 is 0. The Bertz CT molecular complexity index is 2400. The molecule has 6 rings (SSSR count). The van der Waals surface area contributed by atoms with Crippen LogP contribution in [-0.4, -0.2) is 0 Å². The lowest BCUT2D eigenvalue weighted by Gasteiger charge is -2.20. The Morgan fingerprint density at radius 2 is 0.716 bits per heavy atom. The van der Waals surface area contributed by atoms with Gasteiger partial charge in [-0.25, -0.2) is 0 Å². The molecule has 2 aromatic heterocycles. The van der Waals surface area contributed by atoms with Gasteiger partial charge in [0, 0.05) is 36.5 Å². The van der Waals surface area contributed by atoms with Gasteiger partial charge in [-0.2, -0.15) is 0 Å². The molecule has 2 unspecified atom stereocenters. The summed E-state index contributed by atoms with van der Waals surface area (Å²) >= 11 is 3.44. The number of rotatable bonds is 42. The third-order valence-electron chi connectivity index (χ3n) is 17.1. The van der Waals surface area contributed by atoms with Crippen molar-refractivity contribution in [3.8, 4) is 20.9 Å². The molecule has 2 heterocycles. The van der Waals surface area contributed by atoms with Crippen LogP contribution >= 0.6 is 22.7 Å². The molecule has 0 spiro atoms. The molecule has 0 aliphatic carbocycles. The van der Waals surface area contributed by atoms with Crippen LogP contribution in [0.15, 0.2) is 57.4 Å². The van der Waals surface area contributed by atoms with E-state index in [1.165, 1.54) is 253 Å².